The number of hydrogen-bond donors (Lipinski definition) is 0. The number of hydrogen-bond acceptors (Lipinski definition) is 8. The van der Waals surface area contributed by atoms with E-state index in [2.05, 4.69) is 9.72 Å². The van der Waals surface area contributed by atoms with E-state index in [0.29, 0.717) is 17.9 Å². The van der Waals surface area contributed by atoms with E-state index < -0.39 is 11.9 Å². The van der Waals surface area contributed by atoms with E-state index in [-0.39, 0.29) is 17.9 Å². The van der Waals surface area contributed by atoms with Crippen molar-refractivity contribution in [1.82, 2.24) is 4.98 Å². The maximum absolute atomic E-state index is 12.3. The molecule has 0 atom stereocenters. The minimum Gasteiger partial charge on any atom is -0.493 e. The molecule has 0 fully saturated rings. The highest BCUT2D eigenvalue weighted by atomic mass is 32.1. The molecule has 0 radical (unpaired) electrons. The summed E-state index contributed by atoms with van der Waals surface area (Å²) in [6.07, 6.45) is 0.00292. The van der Waals surface area contributed by atoms with Gasteiger partial charge in [0.2, 0.25) is 0 Å². The first kappa shape index (κ1) is 21.3. The fraction of sp³-hybridized carbons (Fsp3) is 0.227. The van der Waals surface area contributed by atoms with E-state index in [0.717, 1.165) is 16.3 Å². The standard InChI is InChI=1S/C22H21NO6S/c1-14-4-7-17(8-5-14)28-12-20-23-16(13-30-20)11-21(24)29-18-9-6-15(22(25)27-3)10-19(18)26-2/h4-10,13H,11-12H2,1-3H3. The first-order valence-electron chi connectivity index (χ1n) is 9.08. The molecule has 0 spiro atoms. The van der Waals surface area contributed by atoms with Gasteiger partial charge in [-0.1, -0.05) is 17.7 Å². The van der Waals surface area contributed by atoms with E-state index in [9.17, 15) is 9.59 Å². The van der Waals surface area contributed by atoms with Crippen LogP contribution in [0, 0.1) is 6.92 Å². The van der Waals surface area contributed by atoms with Crippen LogP contribution < -0.4 is 14.2 Å². The monoisotopic (exact) mass is 427 g/mol. The van der Waals surface area contributed by atoms with Crippen LogP contribution in [0.1, 0.15) is 26.6 Å². The number of aryl methyl sites for hydroxylation is 1. The molecule has 0 aliphatic carbocycles. The van der Waals surface area contributed by atoms with E-state index in [1.807, 2.05) is 31.2 Å². The van der Waals surface area contributed by atoms with Crippen LogP contribution in [-0.2, 0) is 22.6 Å². The van der Waals surface area contributed by atoms with Gasteiger partial charge in [0, 0.05) is 5.38 Å². The molecule has 30 heavy (non-hydrogen) atoms. The molecule has 0 bridgehead atoms. The van der Waals surface area contributed by atoms with Crippen molar-refractivity contribution in [3.05, 3.63) is 69.7 Å². The Kier molecular flexibility index (Phi) is 7.03. The number of methoxy groups -OCH3 is 2. The Hall–Kier alpha value is -3.39. The summed E-state index contributed by atoms with van der Waals surface area (Å²) in [6, 6.07) is 12.2. The van der Waals surface area contributed by atoms with Crippen LogP contribution >= 0.6 is 11.3 Å². The average molecular weight is 427 g/mol. The molecule has 0 saturated heterocycles. The number of carbonyl (C=O) groups is 2. The zero-order chi connectivity index (χ0) is 21.5. The zero-order valence-corrected chi connectivity index (χ0v) is 17.7. The summed E-state index contributed by atoms with van der Waals surface area (Å²) in [5.74, 6) is 0.244. The summed E-state index contributed by atoms with van der Waals surface area (Å²) in [7, 11) is 2.71. The highest BCUT2D eigenvalue weighted by Gasteiger charge is 2.16. The van der Waals surface area contributed by atoms with Crippen LogP contribution in [0.4, 0.5) is 0 Å². The minimum atomic E-state index is -0.506. The summed E-state index contributed by atoms with van der Waals surface area (Å²) >= 11 is 1.42. The SMILES string of the molecule is COC(=O)c1ccc(OC(=O)Cc2csc(COc3ccc(C)cc3)n2)c(OC)c1. The van der Waals surface area contributed by atoms with Gasteiger partial charge in [0.25, 0.3) is 0 Å². The van der Waals surface area contributed by atoms with Gasteiger partial charge in [-0.15, -0.1) is 11.3 Å². The maximum Gasteiger partial charge on any atom is 0.337 e. The highest BCUT2D eigenvalue weighted by Crippen LogP contribution is 2.29. The Morgan fingerprint density at radius 3 is 2.50 bits per heavy atom. The third kappa shape index (κ3) is 5.57. The molecular weight excluding hydrogens is 406 g/mol. The second-order valence-corrected chi connectivity index (χ2v) is 7.29. The van der Waals surface area contributed by atoms with Crippen molar-refractivity contribution in [3.8, 4) is 17.2 Å². The van der Waals surface area contributed by atoms with Crippen LogP contribution in [-0.4, -0.2) is 31.1 Å². The number of rotatable bonds is 8. The van der Waals surface area contributed by atoms with Gasteiger partial charge in [0.05, 0.1) is 31.9 Å². The highest BCUT2D eigenvalue weighted by molar-refractivity contribution is 7.09. The Morgan fingerprint density at radius 1 is 1.03 bits per heavy atom. The fourth-order valence-electron chi connectivity index (χ4n) is 2.58. The van der Waals surface area contributed by atoms with Crippen LogP contribution in [0.3, 0.4) is 0 Å². The van der Waals surface area contributed by atoms with Gasteiger partial charge >= 0.3 is 11.9 Å². The van der Waals surface area contributed by atoms with Crippen LogP contribution in [0.15, 0.2) is 47.8 Å². The van der Waals surface area contributed by atoms with Crippen molar-refractivity contribution in [2.75, 3.05) is 14.2 Å². The van der Waals surface area contributed by atoms with Crippen molar-refractivity contribution in [1.29, 1.82) is 0 Å². The van der Waals surface area contributed by atoms with Gasteiger partial charge in [-0.2, -0.15) is 0 Å². The van der Waals surface area contributed by atoms with Crippen LogP contribution in [0.5, 0.6) is 17.2 Å². The number of aromatic nitrogens is 1. The molecule has 0 amide bonds. The lowest BCUT2D eigenvalue weighted by Crippen LogP contribution is -2.12. The van der Waals surface area contributed by atoms with Gasteiger partial charge in [0.15, 0.2) is 11.5 Å². The van der Waals surface area contributed by atoms with Gasteiger partial charge < -0.3 is 18.9 Å². The fourth-order valence-corrected chi connectivity index (χ4v) is 3.28. The van der Waals surface area contributed by atoms with Crippen LogP contribution in [0.2, 0.25) is 0 Å². The van der Waals surface area contributed by atoms with Gasteiger partial charge in [-0.05, 0) is 37.3 Å². The number of nitrogens with zero attached hydrogens (tertiary/aromatic N) is 1. The molecule has 0 saturated carbocycles. The molecule has 3 aromatic rings. The first-order chi connectivity index (χ1) is 14.5. The molecule has 8 heteroatoms. The van der Waals surface area contributed by atoms with E-state index in [1.54, 1.807) is 5.38 Å². The predicted octanol–water partition coefficient (Wildman–Crippen LogP) is 3.97. The number of esters is 2. The van der Waals surface area contributed by atoms with Gasteiger partial charge in [0.1, 0.15) is 17.4 Å². The average Bonchev–Trinajstić information content (AvgIpc) is 3.20. The molecule has 1 aromatic heterocycles. The van der Waals surface area contributed by atoms with E-state index >= 15 is 0 Å². The summed E-state index contributed by atoms with van der Waals surface area (Å²) in [5.41, 5.74) is 2.05. The third-order valence-corrected chi connectivity index (χ3v) is 4.99. The Morgan fingerprint density at radius 2 is 1.80 bits per heavy atom. The minimum absolute atomic E-state index is 0.00292. The van der Waals surface area contributed by atoms with Gasteiger partial charge in [-0.25, -0.2) is 9.78 Å². The van der Waals surface area contributed by atoms with Crippen molar-refractivity contribution in [2.24, 2.45) is 0 Å². The molecule has 7 nitrogen and oxygen atoms in total. The Labute approximate surface area is 178 Å². The summed E-state index contributed by atoms with van der Waals surface area (Å²) < 4.78 is 21.0. The molecule has 2 aromatic carbocycles. The topological polar surface area (TPSA) is 84.0 Å². The summed E-state index contributed by atoms with van der Waals surface area (Å²) in [5, 5.41) is 2.56. The second-order valence-electron chi connectivity index (χ2n) is 6.34. The molecule has 0 aliphatic heterocycles. The normalized spacial score (nSPS) is 10.4. The molecule has 156 valence electrons. The molecule has 0 aliphatic rings. The molecular formula is C22H21NO6S. The molecule has 3 rings (SSSR count). The zero-order valence-electron chi connectivity index (χ0n) is 16.8. The Balaban J connectivity index is 1.57. The van der Waals surface area contributed by atoms with Crippen molar-refractivity contribution < 1.29 is 28.5 Å². The van der Waals surface area contributed by atoms with Crippen molar-refractivity contribution in [3.63, 3.8) is 0 Å². The smallest absolute Gasteiger partial charge is 0.337 e. The first-order valence-corrected chi connectivity index (χ1v) is 9.96. The molecule has 0 N–H and O–H groups in total. The lowest BCUT2D eigenvalue weighted by molar-refractivity contribution is -0.133. The number of ether oxygens (including phenoxy) is 4. The number of carbonyl (C=O) groups excluding carboxylic acids is 2. The summed E-state index contributed by atoms with van der Waals surface area (Å²) in [4.78, 5) is 28.3. The molecule has 1 heterocycles. The number of thiazole rings is 1. The van der Waals surface area contributed by atoms with Crippen LogP contribution in [0.25, 0.3) is 0 Å². The third-order valence-electron chi connectivity index (χ3n) is 4.12. The van der Waals surface area contributed by atoms with Gasteiger partial charge in [-0.3, -0.25) is 4.79 Å². The maximum atomic E-state index is 12.3. The molecule has 0 unspecified atom stereocenters. The van der Waals surface area contributed by atoms with Crippen molar-refractivity contribution in [2.45, 2.75) is 20.0 Å². The lowest BCUT2D eigenvalue weighted by Gasteiger charge is -2.10. The largest absolute Gasteiger partial charge is 0.493 e. The number of benzene rings is 2. The Bertz CT molecular complexity index is 1030. The predicted molar refractivity (Wildman–Crippen MR) is 111 cm³/mol. The van der Waals surface area contributed by atoms with E-state index in [4.69, 9.17) is 14.2 Å². The second kappa shape index (κ2) is 9.89. The quantitative estimate of drug-likeness (QED) is 0.397. The van der Waals surface area contributed by atoms with E-state index in [1.165, 1.54) is 43.8 Å². The van der Waals surface area contributed by atoms with Crippen molar-refractivity contribution >= 4 is 23.3 Å². The summed E-state index contributed by atoms with van der Waals surface area (Å²) in [6.45, 7) is 2.34. The lowest BCUT2D eigenvalue weighted by atomic mass is 10.2.